The summed E-state index contributed by atoms with van der Waals surface area (Å²) in [7, 11) is 0. The van der Waals surface area contributed by atoms with Crippen LogP contribution in [0.5, 0.6) is 5.75 Å². The van der Waals surface area contributed by atoms with E-state index in [2.05, 4.69) is 24.6 Å². The summed E-state index contributed by atoms with van der Waals surface area (Å²) >= 11 is 0.831. The van der Waals surface area contributed by atoms with E-state index in [0.717, 1.165) is 17.6 Å². The molecule has 0 bridgehead atoms. The lowest BCUT2D eigenvalue weighted by atomic mass is 10.0. The van der Waals surface area contributed by atoms with Crippen LogP contribution < -0.4 is 15.8 Å². The number of aromatic nitrogens is 4. The molecule has 12 heteroatoms. The Morgan fingerprint density at radius 1 is 1.16 bits per heavy atom. The molecular formula is C20H21F3N6O2S. The van der Waals surface area contributed by atoms with Gasteiger partial charge in [0.1, 0.15) is 11.5 Å². The minimum atomic E-state index is -4.60. The van der Waals surface area contributed by atoms with Crippen molar-refractivity contribution in [3.63, 3.8) is 0 Å². The molecule has 3 rings (SSSR count). The molecule has 170 valence electrons. The lowest BCUT2D eigenvalue weighted by molar-refractivity contribution is -0.137. The first kappa shape index (κ1) is 23.4. The number of halogens is 3. The molecule has 0 aliphatic heterocycles. The standard InChI is InChI=1S/C20H21F3N6O2S/c1-9(2)11-5-13(20(21,22)23)17(26-7-11)27-19-28-18(29-32-19)14-6-12(16(24)30)15(8-25-14)31-10(3)4/h5-10H,1-4H3,(H2,24,30)(H,26,27,28,29). The Hall–Kier alpha value is -3.28. The van der Waals surface area contributed by atoms with Gasteiger partial charge in [-0.3, -0.25) is 4.79 Å². The highest BCUT2D eigenvalue weighted by Gasteiger charge is 2.35. The van der Waals surface area contributed by atoms with Crippen molar-refractivity contribution in [3.05, 3.63) is 41.2 Å². The summed E-state index contributed by atoms with van der Waals surface area (Å²) in [5.74, 6) is -0.880. The second-order valence-corrected chi connectivity index (χ2v) is 8.21. The second-order valence-electron chi connectivity index (χ2n) is 7.46. The topological polar surface area (TPSA) is 116 Å². The van der Waals surface area contributed by atoms with Gasteiger partial charge in [-0.25, -0.2) is 9.97 Å². The highest BCUT2D eigenvalue weighted by Crippen LogP contribution is 2.37. The predicted molar refractivity (Wildman–Crippen MR) is 114 cm³/mol. The first-order valence-corrected chi connectivity index (χ1v) is 10.4. The lowest BCUT2D eigenvalue weighted by Crippen LogP contribution is -2.16. The molecule has 0 radical (unpaired) electrons. The van der Waals surface area contributed by atoms with Crippen LogP contribution in [0.1, 0.15) is 55.1 Å². The van der Waals surface area contributed by atoms with E-state index < -0.39 is 17.6 Å². The normalized spacial score (nSPS) is 11.8. The Labute approximate surface area is 186 Å². The fraction of sp³-hybridized carbons (Fsp3) is 0.350. The molecular weight excluding hydrogens is 445 g/mol. The maximum Gasteiger partial charge on any atom is 0.419 e. The molecule has 1 amide bonds. The smallest absolute Gasteiger partial charge is 0.419 e. The Bertz CT molecular complexity index is 1130. The fourth-order valence-corrected chi connectivity index (χ4v) is 3.27. The number of primary amides is 1. The van der Waals surface area contributed by atoms with Crippen molar-refractivity contribution in [2.24, 2.45) is 5.73 Å². The summed E-state index contributed by atoms with van der Waals surface area (Å²) in [5.41, 5.74) is 5.31. The number of amides is 1. The van der Waals surface area contributed by atoms with Crippen molar-refractivity contribution < 1.29 is 22.7 Å². The van der Waals surface area contributed by atoms with Gasteiger partial charge in [0, 0.05) is 17.7 Å². The van der Waals surface area contributed by atoms with Gasteiger partial charge in [-0.1, -0.05) is 13.8 Å². The molecule has 3 N–H and O–H groups in total. The zero-order valence-corrected chi connectivity index (χ0v) is 18.5. The number of nitrogens with one attached hydrogen (secondary N) is 1. The van der Waals surface area contributed by atoms with Gasteiger partial charge in [-0.05, 0) is 37.5 Å². The molecule has 3 heterocycles. The van der Waals surface area contributed by atoms with Gasteiger partial charge in [-0.2, -0.15) is 22.5 Å². The maximum absolute atomic E-state index is 13.5. The summed E-state index contributed by atoms with van der Waals surface area (Å²) in [6.07, 6.45) is -2.08. The molecule has 3 aromatic rings. The van der Waals surface area contributed by atoms with E-state index in [-0.39, 0.29) is 45.8 Å². The number of carbonyl (C=O) groups excluding carboxylic acids is 1. The number of alkyl halides is 3. The molecule has 0 saturated carbocycles. The maximum atomic E-state index is 13.5. The zero-order chi connectivity index (χ0) is 23.6. The third-order valence-electron chi connectivity index (χ3n) is 4.26. The highest BCUT2D eigenvalue weighted by atomic mass is 32.1. The molecule has 0 atom stereocenters. The van der Waals surface area contributed by atoms with Crippen molar-refractivity contribution in [1.82, 2.24) is 19.3 Å². The van der Waals surface area contributed by atoms with E-state index in [1.54, 1.807) is 27.7 Å². The van der Waals surface area contributed by atoms with E-state index in [1.165, 1.54) is 18.5 Å². The minimum absolute atomic E-state index is 0.0835. The first-order chi connectivity index (χ1) is 15.0. The quantitative estimate of drug-likeness (QED) is 0.515. The van der Waals surface area contributed by atoms with Gasteiger partial charge in [0.15, 0.2) is 11.6 Å². The summed E-state index contributed by atoms with van der Waals surface area (Å²) in [5, 5.41) is 2.66. The molecule has 0 fully saturated rings. The van der Waals surface area contributed by atoms with Gasteiger partial charge in [0.2, 0.25) is 5.13 Å². The van der Waals surface area contributed by atoms with E-state index in [1.807, 2.05) is 0 Å². The number of nitrogens with zero attached hydrogens (tertiary/aromatic N) is 4. The van der Waals surface area contributed by atoms with Crippen LogP contribution in [0.2, 0.25) is 0 Å². The SMILES string of the molecule is CC(C)Oc1cnc(-c2nsc(Nc3ncc(C(C)C)cc3C(F)(F)F)n2)cc1C(N)=O. The lowest BCUT2D eigenvalue weighted by Gasteiger charge is -2.15. The molecule has 0 unspecified atom stereocenters. The molecule has 0 saturated heterocycles. The number of hydrogen-bond acceptors (Lipinski definition) is 8. The predicted octanol–water partition coefficient (Wildman–Crippen LogP) is 4.77. The molecule has 0 aliphatic rings. The van der Waals surface area contributed by atoms with Gasteiger partial charge >= 0.3 is 6.18 Å². The average molecular weight is 466 g/mol. The average Bonchev–Trinajstić information content (AvgIpc) is 3.15. The van der Waals surface area contributed by atoms with Crippen LogP contribution in [-0.4, -0.2) is 31.3 Å². The molecule has 0 spiro atoms. The Morgan fingerprint density at radius 2 is 1.88 bits per heavy atom. The van der Waals surface area contributed by atoms with Crippen molar-refractivity contribution in [1.29, 1.82) is 0 Å². The van der Waals surface area contributed by atoms with E-state index in [4.69, 9.17) is 10.5 Å². The number of pyridine rings is 2. The van der Waals surface area contributed by atoms with Gasteiger partial charge in [0.25, 0.3) is 5.91 Å². The largest absolute Gasteiger partial charge is 0.489 e. The summed E-state index contributed by atoms with van der Waals surface area (Å²) in [6.45, 7) is 7.14. The van der Waals surface area contributed by atoms with E-state index in [9.17, 15) is 18.0 Å². The number of carbonyl (C=O) groups is 1. The van der Waals surface area contributed by atoms with E-state index in [0.29, 0.717) is 5.56 Å². The summed E-state index contributed by atoms with van der Waals surface area (Å²) < 4.78 is 50.2. The third kappa shape index (κ3) is 5.31. The van der Waals surface area contributed by atoms with Crippen molar-refractivity contribution in [2.75, 3.05) is 5.32 Å². The van der Waals surface area contributed by atoms with Gasteiger partial charge < -0.3 is 15.8 Å². The molecule has 0 aliphatic carbocycles. The summed E-state index contributed by atoms with van der Waals surface area (Å²) in [6, 6.07) is 2.44. The van der Waals surface area contributed by atoms with Crippen LogP contribution in [0.4, 0.5) is 24.1 Å². The third-order valence-corrected chi connectivity index (χ3v) is 4.89. The molecule has 3 aromatic heterocycles. The second kappa shape index (κ2) is 9.07. The Morgan fingerprint density at radius 3 is 2.47 bits per heavy atom. The van der Waals surface area contributed by atoms with Crippen LogP contribution in [-0.2, 0) is 6.18 Å². The van der Waals surface area contributed by atoms with Gasteiger partial charge in [-0.15, -0.1) is 0 Å². The Balaban J connectivity index is 1.92. The van der Waals surface area contributed by atoms with Gasteiger partial charge in [0.05, 0.1) is 23.4 Å². The monoisotopic (exact) mass is 466 g/mol. The van der Waals surface area contributed by atoms with Crippen molar-refractivity contribution in [3.8, 4) is 17.3 Å². The number of nitrogens with two attached hydrogens (primary N) is 1. The van der Waals surface area contributed by atoms with Crippen LogP contribution in [0, 0.1) is 0 Å². The fourth-order valence-electron chi connectivity index (χ4n) is 2.70. The summed E-state index contributed by atoms with van der Waals surface area (Å²) in [4.78, 5) is 24.1. The Kier molecular flexibility index (Phi) is 6.63. The zero-order valence-electron chi connectivity index (χ0n) is 17.7. The van der Waals surface area contributed by atoms with Crippen LogP contribution in [0.3, 0.4) is 0 Å². The van der Waals surface area contributed by atoms with Crippen molar-refractivity contribution in [2.45, 2.75) is 45.9 Å². The molecule has 32 heavy (non-hydrogen) atoms. The molecule has 0 aromatic carbocycles. The number of hydrogen-bond donors (Lipinski definition) is 2. The minimum Gasteiger partial charge on any atom is -0.489 e. The van der Waals surface area contributed by atoms with E-state index >= 15 is 0 Å². The van der Waals surface area contributed by atoms with Crippen LogP contribution >= 0.6 is 11.5 Å². The molecule has 8 nitrogen and oxygen atoms in total. The number of ether oxygens (including phenoxy) is 1. The van der Waals surface area contributed by atoms with Crippen LogP contribution in [0.15, 0.2) is 24.5 Å². The van der Waals surface area contributed by atoms with Crippen LogP contribution in [0.25, 0.3) is 11.5 Å². The highest BCUT2D eigenvalue weighted by molar-refractivity contribution is 7.09. The first-order valence-electron chi connectivity index (χ1n) is 9.60. The number of rotatable bonds is 7. The number of anilines is 2. The van der Waals surface area contributed by atoms with Crippen molar-refractivity contribution >= 4 is 28.4 Å².